The standard InChI is InChI=1S/C16H20N2O3/c17-10-4-3-7-13(16(20)21)18-15-12-6-2-1-5-11(12)8-9-14(15)19/h1-2,5-6,8-9,13,18-19H,3-4,7,10,17H2,(H,20,21)/t13-/m0/s1. The molecule has 0 saturated carbocycles. The molecule has 5 heteroatoms. The van der Waals surface area contributed by atoms with Crippen molar-refractivity contribution in [2.45, 2.75) is 25.3 Å². The van der Waals surface area contributed by atoms with Crippen LogP contribution in [-0.2, 0) is 4.79 Å². The van der Waals surface area contributed by atoms with E-state index >= 15 is 0 Å². The predicted molar refractivity (Wildman–Crippen MR) is 83.6 cm³/mol. The Balaban J connectivity index is 2.27. The minimum Gasteiger partial charge on any atom is -0.506 e. The SMILES string of the molecule is NCCCC[C@H](Nc1c(O)ccc2ccccc12)C(=O)O. The van der Waals surface area contributed by atoms with Crippen molar-refractivity contribution in [1.29, 1.82) is 0 Å². The lowest BCUT2D eigenvalue weighted by Crippen LogP contribution is -2.29. The fourth-order valence-corrected chi connectivity index (χ4v) is 2.34. The molecule has 2 aromatic carbocycles. The monoisotopic (exact) mass is 288 g/mol. The first-order chi connectivity index (χ1) is 10.1. The average molecular weight is 288 g/mol. The number of unbranched alkanes of at least 4 members (excludes halogenated alkanes) is 1. The van der Waals surface area contributed by atoms with Crippen LogP contribution in [-0.4, -0.2) is 28.8 Å². The van der Waals surface area contributed by atoms with Crippen LogP contribution in [0.25, 0.3) is 10.8 Å². The van der Waals surface area contributed by atoms with Gasteiger partial charge in [0.15, 0.2) is 0 Å². The Morgan fingerprint density at radius 3 is 2.67 bits per heavy atom. The molecular formula is C16H20N2O3. The summed E-state index contributed by atoms with van der Waals surface area (Å²) in [5.74, 6) is -0.877. The third-order valence-corrected chi connectivity index (χ3v) is 3.47. The Kier molecular flexibility index (Phi) is 5.00. The van der Waals surface area contributed by atoms with Gasteiger partial charge in [-0.2, -0.15) is 0 Å². The van der Waals surface area contributed by atoms with Gasteiger partial charge in [0.05, 0.1) is 5.69 Å². The zero-order valence-electron chi connectivity index (χ0n) is 11.7. The minimum absolute atomic E-state index is 0.0544. The van der Waals surface area contributed by atoms with Crippen molar-refractivity contribution >= 4 is 22.4 Å². The molecule has 0 bridgehead atoms. The van der Waals surface area contributed by atoms with Crippen LogP contribution < -0.4 is 11.1 Å². The summed E-state index contributed by atoms with van der Waals surface area (Å²) >= 11 is 0. The third kappa shape index (κ3) is 3.64. The van der Waals surface area contributed by atoms with Gasteiger partial charge in [-0.3, -0.25) is 0 Å². The third-order valence-electron chi connectivity index (χ3n) is 3.47. The number of carbonyl (C=O) groups is 1. The Bertz CT molecular complexity index is 628. The largest absolute Gasteiger partial charge is 0.506 e. The molecular weight excluding hydrogens is 268 g/mol. The summed E-state index contributed by atoms with van der Waals surface area (Å²) in [7, 11) is 0. The minimum atomic E-state index is -0.931. The normalized spacial score (nSPS) is 12.2. The molecule has 5 nitrogen and oxygen atoms in total. The van der Waals surface area contributed by atoms with Crippen LogP contribution in [0.15, 0.2) is 36.4 Å². The molecule has 21 heavy (non-hydrogen) atoms. The lowest BCUT2D eigenvalue weighted by atomic mass is 10.1. The first-order valence-electron chi connectivity index (χ1n) is 7.03. The van der Waals surface area contributed by atoms with E-state index in [1.165, 1.54) is 0 Å². The van der Waals surface area contributed by atoms with Crippen LogP contribution >= 0.6 is 0 Å². The number of phenols is 1. The van der Waals surface area contributed by atoms with Gasteiger partial charge in [-0.1, -0.05) is 30.3 Å². The number of nitrogens with two attached hydrogens (primary N) is 1. The molecule has 0 aliphatic rings. The summed E-state index contributed by atoms with van der Waals surface area (Å²) < 4.78 is 0. The van der Waals surface area contributed by atoms with Crippen LogP contribution in [0.2, 0.25) is 0 Å². The molecule has 5 N–H and O–H groups in total. The molecule has 2 aromatic rings. The molecule has 0 saturated heterocycles. The lowest BCUT2D eigenvalue weighted by Gasteiger charge is -2.18. The van der Waals surface area contributed by atoms with E-state index in [2.05, 4.69) is 5.32 Å². The maximum Gasteiger partial charge on any atom is 0.326 e. The second-order valence-corrected chi connectivity index (χ2v) is 5.00. The van der Waals surface area contributed by atoms with Gasteiger partial charge in [0, 0.05) is 5.39 Å². The molecule has 0 spiro atoms. The fraction of sp³-hybridized carbons (Fsp3) is 0.312. The van der Waals surface area contributed by atoms with Crippen LogP contribution in [0, 0.1) is 0 Å². The van der Waals surface area contributed by atoms with Crippen molar-refractivity contribution in [3.63, 3.8) is 0 Å². The number of hydrogen-bond donors (Lipinski definition) is 4. The quantitative estimate of drug-likeness (QED) is 0.464. The van der Waals surface area contributed by atoms with E-state index in [4.69, 9.17) is 5.73 Å². The average Bonchev–Trinajstić information content (AvgIpc) is 2.48. The number of anilines is 1. The molecule has 0 amide bonds. The first kappa shape index (κ1) is 15.1. The topological polar surface area (TPSA) is 95.6 Å². The van der Waals surface area contributed by atoms with Crippen LogP contribution in [0.1, 0.15) is 19.3 Å². The van der Waals surface area contributed by atoms with Gasteiger partial charge in [0.2, 0.25) is 0 Å². The number of phenolic OH excluding ortho intramolecular Hbond substituents is 1. The van der Waals surface area contributed by atoms with Crippen molar-refractivity contribution in [3.05, 3.63) is 36.4 Å². The number of carboxylic acid groups (broad SMARTS) is 1. The molecule has 0 heterocycles. The number of aromatic hydroxyl groups is 1. The van der Waals surface area contributed by atoms with Gasteiger partial charge in [0.25, 0.3) is 0 Å². The van der Waals surface area contributed by atoms with E-state index in [0.29, 0.717) is 18.7 Å². The molecule has 1 atom stereocenters. The molecule has 112 valence electrons. The Labute approximate surface area is 123 Å². The summed E-state index contributed by atoms with van der Waals surface area (Å²) in [5, 5.41) is 24.1. The Morgan fingerprint density at radius 1 is 1.19 bits per heavy atom. The number of nitrogens with one attached hydrogen (secondary N) is 1. The second kappa shape index (κ2) is 6.95. The number of aliphatic carboxylic acids is 1. The van der Waals surface area contributed by atoms with E-state index < -0.39 is 12.0 Å². The number of hydrogen-bond acceptors (Lipinski definition) is 4. The zero-order chi connectivity index (χ0) is 15.2. The number of fused-ring (bicyclic) bond motifs is 1. The summed E-state index contributed by atoms with van der Waals surface area (Å²) in [6.45, 7) is 0.547. The fourth-order valence-electron chi connectivity index (χ4n) is 2.34. The van der Waals surface area contributed by atoms with Crippen molar-refractivity contribution < 1.29 is 15.0 Å². The molecule has 2 rings (SSSR count). The summed E-state index contributed by atoms with van der Waals surface area (Å²) in [6.07, 6.45) is 1.98. The van der Waals surface area contributed by atoms with Crippen molar-refractivity contribution in [2.24, 2.45) is 5.73 Å². The smallest absolute Gasteiger partial charge is 0.326 e. The van der Waals surface area contributed by atoms with E-state index in [-0.39, 0.29) is 5.75 Å². The van der Waals surface area contributed by atoms with Gasteiger partial charge in [0.1, 0.15) is 11.8 Å². The van der Waals surface area contributed by atoms with Gasteiger partial charge in [-0.05, 0) is 37.3 Å². The zero-order valence-corrected chi connectivity index (χ0v) is 11.7. The van der Waals surface area contributed by atoms with Crippen molar-refractivity contribution in [2.75, 3.05) is 11.9 Å². The molecule has 0 aliphatic carbocycles. The van der Waals surface area contributed by atoms with E-state index in [0.717, 1.165) is 23.6 Å². The maximum atomic E-state index is 11.4. The Morgan fingerprint density at radius 2 is 1.95 bits per heavy atom. The van der Waals surface area contributed by atoms with Crippen LogP contribution in [0.4, 0.5) is 5.69 Å². The van der Waals surface area contributed by atoms with Crippen molar-refractivity contribution in [3.8, 4) is 5.75 Å². The summed E-state index contributed by atoms with van der Waals surface area (Å²) in [4.78, 5) is 11.4. The maximum absolute atomic E-state index is 11.4. The molecule has 0 aromatic heterocycles. The van der Waals surface area contributed by atoms with Gasteiger partial charge in [-0.25, -0.2) is 4.79 Å². The van der Waals surface area contributed by atoms with Gasteiger partial charge < -0.3 is 21.3 Å². The highest BCUT2D eigenvalue weighted by molar-refractivity contribution is 5.98. The van der Waals surface area contributed by atoms with E-state index in [1.807, 2.05) is 24.3 Å². The molecule has 0 radical (unpaired) electrons. The van der Waals surface area contributed by atoms with Gasteiger partial charge >= 0.3 is 5.97 Å². The summed E-state index contributed by atoms with van der Waals surface area (Å²) in [5.41, 5.74) is 5.90. The van der Waals surface area contributed by atoms with Gasteiger partial charge in [-0.15, -0.1) is 0 Å². The molecule has 0 unspecified atom stereocenters. The molecule has 0 aliphatic heterocycles. The van der Waals surface area contributed by atoms with Crippen LogP contribution in [0.3, 0.4) is 0 Å². The van der Waals surface area contributed by atoms with E-state index in [9.17, 15) is 15.0 Å². The highest BCUT2D eigenvalue weighted by Crippen LogP contribution is 2.33. The molecule has 0 fully saturated rings. The Hall–Kier alpha value is -2.27. The summed E-state index contributed by atoms with van der Waals surface area (Å²) in [6, 6.07) is 10.2. The lowest BCUT2D eigenvalue weighted by molar-refractivity contribution is -0.138. The van der Waals surface area contributed by atoms with E-state index in [1.54, 1.807) is 12.1 Å². The number of benzene rings is 2. The highest BCUT2D eigenvalue weighted by Gasteiger charge is 2.19. The first-order valence-corrected chi connectivity index (χ1v) is 7.03. The number of rotatable bonds is 7. The van der Waals surface area contributed by atoms with Crippen LogP contribution in [0.5, 0.6) is 5.75 Å². The second-order valence-electron chi connectivity index (χ2n) is 5.00. The van der Waals surface area contributed by atoms with Crippen molar-refractivity contribution in [1.82, 2.24) is 0 Å². The highest BCUT2D eigenvalue weighted by atomic mass is 16.4. The predicted octanol–water partition coefficient (Wildman–Crippen LogP) is 2.54. The number of carboxylic acids is 1.